The zero-order chi connectivity index (χ0) is 19.1. The molecule has 0 aliphatic rings. The molecule has 0 bridgehead atoms. The van der Waals surface area contributed by atoms with Crippen molar-refractivity contribution in [3.63, 3.8) is 0 Å². The van der Waals surface area contributed by atoms with E-state index in [0.29, 0.717) is 5.56 Å². The van der Waals surface area contributed by atoms with Crippen LogP contribution < -0.4 is 10.6 Å². The number of nitrogens with one attached hydrogen (secondary N) is 2. The summed E-state index contributed by atoms with van der Waals surface area (Å²) >= 11 is 3.41. The highest BCUT2D eigenvalue weighted by Crippen LogP contribution is 2.18. The largest absolute Gasteiger partial charge is 0.348 e. The van der Waals surface area contributed by atoms with Gasteiger partial charge in [0, 0.05) is 10.0 Å². The van der Waals surface area contributed by atoms with Gasteiger partial charge in [-0.3, -0.25) is 9.59 Å². The molecule has 138 valence electrons. The topological polar surface area (TPSA) is 58.2 Å². The van der Waals surface area contributed by atoms with Crippen molar-refractivity contribution in [1.29, 1.82) is 0 Å². The summed E-state index contributed by atoms with van der Waals surface area (Å²) in [5.41, 5.74) is 1.56. The van der Waals surface area contributed by atoms with E-state index in [1.807, 2.05) is 63.2 Å². The highest BCUT2D eigenvalue weighted by Gasteiger charge is 2.27. The summed E-state index contributed by atoms with van der Waals surface area (Å²) in [5.74, 6) is -0.374. The number of carbonyl (C=O) groups is 2. The number of carbonyl (C=O) groups excluding carboxylic acids is 2. The summed E-state index contributed by atoms with van der Waals surface area (Å²) in [6, 6.07) is 16.1. The van der Waals surface area contributed by atoms with Crippen LogP contribution in [-0.2, 0) is 4.79 Å². The van der Waals surface area contributed by atoms with E-state index in [1.165, 1.54) is 0 Å². The number of amides is 2. The molecule has 0 aromatic heterocycles. The smallest absolute Gasteiger partial charge is 0.251 e. The summed E-state index contributed by atoms with van der Waals surface area (Å²) in [6.07, 6.45) is 0.791. The number of hydrogen-bond acceptors (Lipinski definition) is 2. The van der Waals surface area contributed by atoms with E-state index in [2.05, 4.69) is 26.6 Å². The summed E-state index contributed by atoms with van der Waals surface area (Å²) in [4.78, 5) is 25.3. The van der Waals surface area contributed by atoms with Gasteiger partial charge in [-0.1, -0.05) is 66.5 Å². The third-order valence-electron chi connectivity index (χ3n) is 4.55. The molecule has 4 nitrogen and oxygen atoms in total. The predicted octanol–water partition coefficient (Wildman–Crippen LogP) is 4.47. The van der Waals surface area contributed by atoms with Crippen LogP contribution in [0.5, 0.6) is 0 Å². The maximum atomic E-state index is 12.8. The zero-order valence-electron chi connectivity index (χ0n) is 15.3. The van der Waals surface area contributed by atoms with E-state index >= 15 is 0 Å². The van der Waals surface area contributed by atoms with Gasteiger partial charge in [-0.2, -0.15) is 0 Å². The minimum atomic E-state index is -0.578. The summed E-state index contributed by atoms with van der Waals surface area (Å²) in [6.45, 7) is 5.92. The Balaban J connectivity index is 2.09. The normalized spacial score (nSPS) is 14.2. The number of rotatable bonds is 7. The molecule has 2 aromatic carbocycles. The number of benzene rings is 2. The lowest BCUT2D eigenvalue weighted by molar-refractivity contribution is -0.124. The Morgan fingerprint density at radius 3 is 2.15 bits per heavy atom. The molecule has 2 rings (SSSR count). The van der Waals surface area contributed by atoms with Crippen LogP contribution in [0.25, 0.3) is 0 Å². The molecule has 0 saturated carbocycles. The average molecular weight is 417 g/mol. The fraction of sp³-hybridized carbons (Fsp3) is 0.333. The van der Waals surface area contributed by atoms with Gasteiger partial charge in [-0.25, -0.2) is 0 Å². The summed E-state index contributed by atoms with van der Waals surface area (Å²) in [5, 5.41) is 5.91. The quantitative estimate of drug-likeness (QED) is 0.699. The van der Waals surface area contributed by atoms with Crippen LogP contribution in [-0.4, -0.2) is 17.9 Å². The van der Waals surface area contributed by atoms with E-state index < -0.39 is 6.04 Å². The molecule has 2 amide bonds. The molecule has 3 atom stereocenters. The Labute approximate surface area is 163 Å². The molecule has 0 aliphatic carbocycles. The molecule has 5 heteroatoms. The van der Waals surface area contributed by atoms with Crippen LogP contribution in [0.1, 0.15) is 49.2 Å². The van der Waals surface area contributed by atoms with Crippen LogP contribution in [0.15, 0.2) is 59.1 Å². The van der Waals surface area contributed by atoms with E-state index in [0.717, 1.165) is 16.5 Å². The molecular formula is C21H25BrN2O2. The molecule has 0 unspecified atom stereocenters. The van der Waals surface area contributed by atoms with Gasteiger partial charge in [-0.05, 0) is 42.7 Å². The number of hydrogen-bond donors (Lipinski definition) is 2. The highest BCUT2D eigenvalue weighted by molar-refractivity contribution is 9.10. The lowest BCUT2D eigenvalue weighted by Gasteiger charge is -2.25. The van der Waals surface area contributed by atoms with E-state index in [-0.39, 0.29) is 23.8 Å². The van der Waals surface area contributed by atoms with Crippen molar-refractivity contribution in [1.82, 2.24) is 10.6 Å². The highest BCUT2D eigenvalue weighted by atomic mass is 79.9. The summed E-state index contributed by atoms with van der Waals surface area (Å²) < 4.78 is 0.993. The van der Waals surface area contributed by atoms with Crippen LogP contribution in [0.4, 0.5) is 0 Å². The minimum absolute atomic E-state index is 0.0276. The Kier molecular flexibility index (Phi) is 7.39. The molecular weight excluding hydrogens is 392 g/mol. The van der Waals surface area contributed by atoms with Crippen LogP contribution in [0.2, 0.25) is 0 Å². The Bertz CT molecular complexity index is 731. The van der Waals surface area contributed by atoms with E-state index in [9.17, 15) is 9.59 Å². The van der Waals surface area contributed by atoms with Gasteiger partial charge in [0.1, 0.15) is 6.04 Å². The summed E-state index contributed by atoms with van der Waals surface area (Å²) in [7, 11) is 0. The fourth-order valence-electron chi connectivity index (χ4n) is 2.65. The van der Waals surface area contributed by atoms with Crippen molar-refractivity contribution >= 4 is 27.7 Å². The van der Waals surface area contributed by atoms with Crippen molar-refractivity contribution in [3.05, 3.63) is 70.2 Å². The third kappa shape index (κ3) is 5.43. The predicted molar refractivity (Wildman–Crippen MR) is 108 cm³/mol. The van der Waals surface area contributed by atoms with Gasteiger partial charge in [0.2, 0.25) is 5.91 Å². The SMILES string of the molecule is CC[C@H](C)[C@@H](NC(=O)c1ccccc1)C(=O)N[C@H](C)c1ccc(Br)cc1. The first kappa shape index (κ1) is 20.2. The minimum Gasteiger partial charge on any atom is -0.348 e. The van der Waals surface area contributed by atoms with Gasteiger partial charge in [0.25, 0.3) is 5.91 Å². The van der Waals surface area contributed by atoms with Crippen LogP contribution >= 0.6 is 15.9 Å². The molecule has 26 heavy (non-hydrogen) atoms. The molecule has 0 aliphatic heterocycles. The second-order valence-corrected chi connectivity index (χ2v) is 7.40. The zero-order valence-corrected chi connectivity index (χ0v) is 16.9. The standard InChI is InChI=1S/C21H25BrN2O2/c1-4-14(2)19(24-20(25)17-8-6-5-7-9-17)21(26)23-15(3)16-10-12-18(22)13-11-16/h5-15,19H,4H2,1-3H3,(H,23,26)(H,24,25)/t14-,15+,19+/m0/s1. The molecule has 0 fully saturated rings. The second kappa shape index (κ2) is 9.53. The van der Waals surface area contributed by atoms with Crippen LogP contribution in [0.3, 0.4) is 0 Å². The first-order valence-electron chi connectivity index (χ1n) is 8.84. The van der Waals surface area contributed by atoms with Gasteiger partial charge < -0.3 is 10.6 Å². The van der Waals surface area contributed by atoms with Crippen LogP contribution in [0, 0.1) is 5.92 Å². The van der Waals surface area contributed by atoms with Gasteiger partial charge in [0.15, 0.2) is 0 Å². The molecule has 0 heterocycles. The Morgan fingerprint density at radius 2 is 1.58 bits per heavy atom. The lowest BCUT2D eigenvalue weighted by atomic mass is 9.97. The molecule has 0 saturated heterocycles. The fourth-order valence-corrected chi connectivity index (χ4v) is 2.92. The molecule has 0 spiro atoms. The van der Waals surface area contributed by atoms with Gasteiger partial charge in [-0.15, -0.1) is 0 Å². The van der Waals surface area contributed by atoms with E-state index in [4.69, 9.17) is 0 Å². The van der Waals surface area contributed by atoms with Crippen molar-refractivity contribution in [3.8, 4) is 0 Å². The Morgan fingerprint density at radius 1 is 0.962 bits per heavy atom. The van der Waals surface area contributed by atoms with Crippen molar-refractivity contribution in [2.24, 2.45) is 5.92 Å². The monoisotopic (exact) mass is 416 g/mol. The van der Waals surface area contributed by atoms with Gasteiger partial charge >= 0.3 is 0 Å². The first-order valence-corrected chi connectivity index (χ1v) is 9.63. The molecule has 2 aromatic rings. The second-order valence-electron chi connectivity index (χ2n) is 6.48. The first-order chi connectivity index (χ1) is 12.4. The Hall–Kier alpha value is -2.14. The lowest BCUT2D eigenvalue weighted by Crippen LogP contribution is -2.50. The number of halogens is 1. The maximum absolute atomic E-state index is 12.8. The van der Waals surface area contributed by atoms with E-state index in [1.54, 1.807) is 12.1 Å². The van der Waals surface area contributed by atoms with Crippen molar-refractivity contribution in [2.75, 3.05) is 0 Å². The third-order valence-corrected chi connectivity index (χ3v) is 5.08. The molecule has 0 radical (unpaired) electrons. The molecule has 2 N–H and O–H groups in total. The van der Waals surface area contributed by atoms with Crippen molar-refractivity contribution in [2.45, 2.75) is 39.3 Å². The average Bonchev–Trinajstić information content (AvgIpc) is 2.66. The van der Waals surface area contributed by atoms with Gasteiger partial charge in [0.05, 0.1) is 6.04 Å². The van der Waals surface area contributed by atoms with Crippen molar-refractivity contribution < 1.29 is 9.59 Å². The maximum Gasteiger partial charge on any atom is 0.251 e.